The number of nitrogens with zero attached hydrogens (tertiary/aromatic N) is 1. The summed E-state index contributed by atoms with van der Waals surface area (Å²) in [5.74, 6) is 1.79. The fourth-order valence-corrected chi connectivity index (χ4v) is 3.30. The minimum absolute atomic E-state index is 0.457. The van der Waals surface area contributed by atoms with Gasteiger partial charge >= 0.3 is 0 Å². The monoisotopic (exact) mass is 325 g/mol. The van der Waals surface area contributed by atoms with Crippen LogP contribution < -0.4 is 10.0 Å². The number of anilines is 1. The average molecular weight is 325 g/mol. The zero-order valence-electron chi connectivity index (χ0n) is 14.1. The first kappa shape index (κ1) is 15.9. The summed E-state index contributed by atoms with van der Waals surface area (Å²) in [4.78, 5) is 5.97. The first-order valence-corrected chi connectivity index (χ1v) is 8.87. The Balaban J connectivity index is 1.85. The number of benzene rings is 2. The number of nitrogens with one attached hydrogen (secondary N) is 2. The highest BCUT2D eigenvalue weighted by molar-refractivity contribution is 7.98. The van der Waals surface area contributed by atoms with Crippen molar-refractivity contribution in [3.8, 4) is 0 Å². The highest BCUT2D eigenvalue weighted by atomic mass is 32.2. The van der Waals surface area contributed by atoms with E-state index in [-0.39, 0.29) is 0 Å². The van der Waals surface area contributed by atoms with Gasteiger partial charge in [-0.3, -0.25) is 4.72 Å². The van der Waals surface area contributed by atoms with Crippen molar-refractivity contribution in [2.75, 3.05) is 5.32 Å². The van der Waals surface area contributed by atoms with Crippen molar-refractivity contribution in [1.82, 2.24) is 4.72 Å². The fourth-order valence-electron chi connectivity index (χ4n) is 2.59. The molecule has 4 heteroatoms. The first-order chi connectivity index (χ1) is 11.0. The minimum atomic E-state index is 0.457. The summed E-state index contributed by atoms with van der Waals surface area (Å²) in [5.41, 5.74) is 4.75. The van der Waals surface area contributed by atoms with E-state index in [1.807, 2.05) is 0 Å². The van der Waals surface area contributed by atoms with Crippen LogP contribution in [-0.2, 0) is 0 Å². The molecule has 0 bridgehead atoms. The van der Waals surface area contributed by atoms with Crippen LogP contribution in [0.2, 0.25) is 0 Å². The van der Waals surface area contributed by atoms with Crippen molar-refractivity contribution < 1.29 is 0 Å². The van der Waals surface area contributed by atoms with Crippen LogP contribution in [0.1, 0.15) is 50.7 Å². The second-order valence-electron chi connectivity index (χ2n) is 6.41. The molecule has 0 saturated heterocycles. The third-order valence-electron chi connectivity index (χ3n) is 3.97. The lowest BCUT2D eigenvalue weighted by Crippen LogP contribution is -2.27. The highest BCUT2D eigenvalue weighted by Crippen LogP contribution is 2.37. The number of aliphatic imine (C=N–C) groups is 1. The zero-order chi connectivity index (χ0) is 16.4. The maximum absolute atomic E-state index is 4.79. The Morgan fingerprint density at radius 1 is 0.957 bits per heavy atom. The molecule has 2 aromatic rings. The van der Waals surface area contributed by atoms with Crippen LogP contribution in [0.4, 0.5) is 11.4 Å². The van der Waals surface area contributed by atoms with Crippen molar-refractivity contribution in [2.45, 2.75) is 44.4 Å². The average Bonchev–Trinajstić information content (AvgIpc) is 2.54. The van der Waals surface area contributed by atoms with Crippen molar-refractivity contribution in [2.24, 2.45) is 4.99 Å². The van der Waals surface area contributed by atoms with E-state index in [0.717, 1.165) is 17.3 Å². The van der Waals surface area contributed by atoms with Gasteiger partial charge in [-0.1, -0.05) is 52.0 Å². The molecule has 0 atom stereocenters. The Labute approximate surface area is 142 Å². The van der Waals surface area contributed by atoms with Gasteiger partial charge in [0.25, 0.3) is 0 Å². The van der Waals surface area contributed by atoms with Gasteiger partial charge in [0.05, 0.1) is 10.6 Å². The summed E-state index contributed by atoms with van der Waals surface area (Å²) in [6.07, 6.45) is 0. The maximum atomic E-state index is 4.79. The maximum Gasteiger partial charge on any atom is 0.211 e. The summed E-state index contributed by atoms with van der Waals surface area (Å²) in [5, 5.41) is 3.37. The van der Waals surface area contributed by atoms with Crippen molar-refractivity contribution in [3.63, 3.8) is 0 Å². The van der Waals surface area contributed by atoms with Crippen LogP contribution in [0.3, 0.4) is 0 Å². The SMILES string of the molecule is CC(C)c1ccc(NC2=Nc3c(cccc3C(C)C)SN2)cc1. The molecule has 3 nitrogen and oxygen atoms in total. The van der Waals surface area contributed by atoms with E-state index in [0.29, 0.717) is 11.8 Å². The zero-order valence-corrected chi connectivity index (χ0v) is 14.9. The number of rotatable bonds is 3. The Kier molecular flexibility index (Phi) is 4.62. The molecule has 120 valence electrons. The van der Waals surface area contributed by atoms with Gasteiger partial charge in [0.15, 0.2) is 0 Å². The third kappa shape index (κ3) is 3.53. The van der Waals surface area contributed by atoms with Crippen molar-refractivity contribution in [3.05, 3.63) is 53.6 Å². The number of hydrogen-bond acceptors (Lipinski definition) is 4. The molecule has 0 unspecified atom stereocenters. The van der Waals surface area contributed by atoms with E-state index in [4.69, 9.17) is 4.99 Å². The molecular formula is C19H23N3S. The minimum Gasteiger partial charge on any atom is -0.325 e. The van der Waals surface area contributed by atoms with Crippen LogP contribution in [0.25, 0.3) is 0 Å². The van der Waals surface area contributed by atoms with Gasteiger partial charge in [-0.15, -0.1) is 0 Å². The number of fused-ring (bicyclic) bond motifs is 1. The molecule has 0 spiro atoms. The first-order valence-electron chi connectivity index (χ1n) is 8.06. The molecule has 3 rings (SSSR count). The molecule has 0 amide bonds. The van der Waals surface area contributed by atoms with Gasteiger partial charge in [-0.05, 0) is 53.1 Å². The summed E-state index contributed by atoms with van der Waals surface area (Å²) in [6, 6.07) is 14.9. The van der Waals surface area contributed by atoms with E-state index in [1.165, 1.54) is 16.0 Å². The van der Waals surface area contributed by atoms with Crippen LogP contribution in [0.15, 0.2) is 52.4 Å². The molecule has 2 N–H and O–H groups in total. The Hall–Kier alpha value is -1.94. The van der Waals surface area contributed by atoms with Gasteiger partial charge in [0, 0.05) is 5.69 Å². The molecule has 0 aliphatic carbocycles. The predicted octanol–water partition coefficient (Wildman–Crippen LogP) is 5.64. The number of guanidine groups is 1. The molecule has 0 aromatic heterocycles. The quantitative estimate of drug-likeness (QED) is 0.717. The van der Waals surface area contributed by atoms with Gasteiger partial charge < -0.3 is 5.32 Å². The largest absolute Gasteiger partial charge is 0.325 e. The van der Waals surface area contributed by atoms with Gasteiger partial charge in [-0.25, -0.2) is 4.99 Å². The summed E-state index contributed by atoms with van der Waals surface area (Å²) < 4.78 is 3.28. The molecule has 23 heavy (non-hydrogen) atoms. The second kappa shape index (κ2) is 6.67. The topological polar surface area (TPSA) is 36.4 Å². The molecule has 1 aliphatic heterocycles. The summed E-state index contributed by atoms with van der Waals surface area (Å²) in [6.45, 7) is 8.82. The van der Waals surface area contributed by atoms with Gasteiger partial charge in [0.2, 0.25) is 5.96 Å². The molecule has 1 heterocycles. The van der Waals surface area contributed by atoms with E-state index >= 15 is 0 Å². The Morgan fingerprint density at radius 3 is 2.35 bits per heavy atom. The van der Waals surface area contributed by atoms with E-state index < -0.39 is 0 Å². The summed E-state index contributed by atoms with van der Waals surface area (Å²) in [7, 11) is 0. The standard InChI is InChI=1S/C19H23N3S/c1-12(2)14-8-10-15(11-9-14)20-19-21-18-16(13(3)4)6-5-7-17(18)23-22-19/h5-13H,1-4H3,(H2,20,21,22). The van der Waals surface area contributed by atoms with Crippen LogP contribution in [0, 0.1) is 0 Å². The molecule has 2 aromatic carbocycles. The molecular weight excluding hydrogens is 302 g/mol. The van der Waals surface area contributed by atoms with E-state index in [2.05, 4.69) is 80.2 Å². The van der Waals surface area contributed by atoms with Gasteiger partial charge in [0.1, 0.15) is 0 Å². The normalized spacial score (nSPS) is 13.6. The van der Waals surface area contributed by atoms with E-state index in [1.54, 1.807) is 11.9 Å². The smallest absolute Gasteiger partial charge is 0.211 e. The van der Waals surface area contributed by atoms with Crippen molar-refractivity contribution >= 4 is 29.3 Å². The van der Waals surface area contributed by atoms with Crippen LogP contribution >= 0.6 is 11.9 Å². The number of para-hydroxylation sites is 1. The molecule has 0 saturated carbocycles. The Bertz CT molecular complexity index is 718. The third-order valence-corrected chi connectivity index (χ3v) is 4.82. The summed E-state index contributed by atoms with van der Waals surface area (Å²) >= 11 is 1.61. The molecule has 0 fully saturated rings. The van der Waals surface area contributed by atoms with Crippen molar-refractivity contribution in [1.29, 1.82) is 0 Å². The van der Waals surface area contributed by atoms with Gasteiger partial charge in [-0.2, -0.15) is 0 Å². The van der Waals surface area contributed by atoms with E-state index in [9.17, 15) is 0 Å². The molecule has 0 radical (unpaired) electrons. The number of hydrogen-bond donors (Lipinski definition) is 2. The lowest BCUT2D eigenvalue weighted by atomic mass is 10.0. The Morgan fingerprint density at radius 2 is 1.70 bits per heavy atom. The predicted molar refractivity (Wildman–Crippen MR) is 101 cm³/mol. The molecule has 1 aliphatic rings. The lowest BCUT2D eigenvalue weighted by Gasteiger charge is -2.21. The van der Waals surface area contributed by atoms with Crippen LogP contribution in [-0.4, -0.2) is 5.96 Å². The van der Waals surface area contributed by atoms with Crippen LogP contribution in [0.5, 0.6) is 0 Å². The second-order valence-corrected chi connectivity index (χ2v) is 7.26. The lowest BCUT2D eigenvalue weighted by molar-refractivity contribution is 0.861. The fraction of sp³-hybridized carbons (Fsp3) is 0.316. The highest BCUT2D eigenvalue weighted by Gasteiger charge is 2.17.